The van der Waals surface area contributed by atoms with Crippen LogP contribution in [0, 0.1) is 0 Å². The van der Waals surface area contributed by atoms with Crippen molar-refractivity contribution in [1.82, 2.24) is 10.3 Å². The minimum atomic E-state index is -5.08. The highest BCUT2D eigenvalue weighted by atomic mass is 33.1. The minimum Gasteiger partial charge on any atom is -0.481 e. The van der Waals surface area contributed by atoms with Gasteiger partial charge >= 0.3 is 18.1 Å². The van der Waals surface area contributed by atoms with Gasteiger partial charge in [-0.3, -0.25) is 14.6 Å². The van der Waals surface area contributed by atoms with Gasteiger partial charge in [-0.25, -0.2) is 4.79 Å². The number of amides is 1. The fourth-order valence-electron chi connectivity index (χ4n) is 1.87. The Hall–Kier alpha value is -2.47. The van der Waals surface area contributed by atoms with Crippen LogP contribution in [0.15, 0.2) is 36.7 Å². The van der Waals surface area contributed by atoms with Crippen LogP contribution in [0.4, 0.5) is 13.2 Å². The van der Waals surface area contributed by atoms with Crippen LogP contribution < -0.4 is 5.32 Å². The Labute approximate surface area is 171 Å². The quantitative estimate of drug-likeness (QED) is 0.414. The van der Waals surface area contributed by atoms with E-state index in [0.29, 0.717) is 17.9 Å². The van der Waals surface area contributed by atoms with E-state index in [4.69, 9.17) is 15.0 Å². The number of pyridine rings is 1. The van der Waals surface area contributed by atoms with Gasteiger partial charge < -0.3 is 15.5 Å². The normalized spacial score (nSPS) is 10.7. The summed E-state index contributed by atoms with van der Waals surface area (Å²) in [6.45, 7) is 0.547. The molecule has 0 spiro atoms. The van der Waals surface area contributed by atoms with Gasteiger partial charge in [0.15, 0.2) is 0 Å². The molecule has 0 aliphatic rings. The number of nitrogens with zero attached hydrogens (tertiary/aromatic N) is 1. The summed E-state index contributed by atoms with van der Waals surface area (Å²) in [5, 5.41) is 20.3. The summed E-state index contributed by atoms with van der Waals surface area (Å²) in [5.74, 6) is -2.33. The van der Waals surface area contributed by atoms with Crippen molar-refractivity contribution in [3.05, 3.63) is 42.2 Å². The van der Waals surface area contributed by atoms with E-state index in [1.54, 1.807) is 29.3 Å². The lowest BCUT2D eigenvalue weighted by Gasteiger charge is -2.07. The highest BCUT2D eigenvalue weighted by Crippen LogP contribution is 2.21. The summed E-state index contributed by atoms with van der Waals surface area (Å²) in [4.78, 5) is 35.5. The Balaban J connectivity index is 0.000000516. The molecule has 1 amide bonds. The molecule has 29 heavy (non-hydrogen) atoms. The van der Waals surface area contributed by atoms with Crippen molar-refractivity contribution in [2.24, 2.45) is 0 Å². The first-order valence-electron chi connectivity index (χ1n) is 8.00. The number of carboxylic acids is 2. The number of carbonyl (C=O) groups is 3. The molecule has 2 rings (SSSR count). The van der Waals surface area contributed by atoms with Crippen LogP contribution in [-0.2, 0) is 9.59 Å². The molecule has 0 unspecified atom stereocenters. The van der Waals surface area contributed by atoms with Gasteiger partial charge in [0, 0.05) is 41.4 Å². The van der Waals surface area contributed by atoms with Gasteiger partial charge in [-0.2, -0.15) is 13.2 Å². The van der Waals surface area contributed by atoms with E-state index in [1.165, 1.54) is 10.8 Å². The number of alkyl halides is 3. The molecule has 0 radical (unpaired) electrons. The van der Waals surface area contributed by atoms with Crippen molar-refractivity contribution in [3.8, 4) is 0 Å². The number of fused-ring (bicyclic) bond motifs is 1. The van der Waals surface area contributed by atoms with Crippen LogP contribution in [0.5, 0.6) is 0 Å². The van der Waals surface area contributed by atoms with Gasteiger partial charge in [0.05, 0.1) is 6.42 Å². The smallest absolute Gasteiger partial charge is 0.481 e. The Kier molecular flexibility index (Phi) is 10.3. The number of benzene rings is 1. The molecule has 0 bridgehead atoms. The second kappa shape index (κ2) is 12.2. The maximum Gasteiger partial charge on any atom is 0.490 e. The van der Waals surface area contributed by atoms with Crippen molar-refractivity contribution in [1.29, 1.82) is 0 Å². The summed E-state index contributed by atoms with van der Waals surface area (Å²) in [6, 6.07) is 7.40. The van der Waals surface area contributed by atoms with Gasteiger partial charge in [-0.15, -0.1) is 0 Å². The molecule has 1 heterocycles. The van der Waals surface area contributed by atoms with Crippen molar-refractivity contribution in [2.75, 3.05) is 18.1 Å². The molecule has 7 nitrogen and oxygen atoms in total. The summed E-state index contributed by atoms with van der Waals surface area (Å²) < 4.78 is 31.7. The number of hydrogen-bond donors (Lipinski definition) is 3. The van der Waals surface area contributed by atoms with Gasteiger partial charge in [0.25, 0.3) is 5.91 Å². The average Bonchev–Trinajstić information content (AvgIpc) is 2.66. The van der Waals surface area contributed by atoms with Crippen LogP contribution in [0.1, 0.15) is 16.8 Å². The van der Waals surface area contributed by atoms with Crippen LogP contribution in [0.3, 0.4) is 0 Å². The molecular formula is C17H17F3N2O5S2. The molecule has 0 aliphatic heterocycles. The van der Waals surface area contributed by atoms with E-state index in [-0.39, 0.29) is 12.3 Å². The number of rotatable bonds is 8. The first-order valence-corrected chi connectivity index (χ1v) is 10.5. The van der Waals surface area contributed by atoms with Gasteiger partial charge in [-0.05, 0) is 17.5 Å². The van der Waals surface area contributed by atoms with Gasteiger partial charge in [0.1, 0.15) is 0 Å². The second-order valence-corrected chi connectivity index (χ2v) is 7.95. The molecule has 3 N–H and O–H groups in total. The minimum absolute atomic E-state index is 0.104. The molecule has 1 aromatic heterocycles. The van der Waals surface area contributed by atoms with E-state index in [9.17, 15) is 22.8 Å². The summed E-state index contributed by atoms with van der Waals surface area (Å²) in [6.07, 6.45) is -1.51. The fraction of sp³-hybridized carbons (Fsp3) is 0.294. The van der Waals surface area contributed by atoms with E-state index in [2.05, 4.69) is 10.3 Å². The summed E-state index contributed by atoms with van der Waals surface area (Å²) in [7, 11) is 3.07. The van der Waals surface area contributed by atoms with Crippen LogP contribution in [0.25, 0.3) is 10.8 Å². The van der Waals surface area contributed by atoms with Gasteiger partial charge in [0.2, 0.25) is 0 Å². The lowest BCUT2D eigenvalue weighted by molar-refractivity contribution is -0.192. The maximum atomic E-state index is 12.2. The standard InChI is InChI=1S/C15H16N2O3S2.C2HF3O2/c18-14(19)5-8-21-22-9-7-17-15(20)13-3-1-2-11-10-16-6-4-12(11)13;3-2(4,5)1(6)7/h1-4,6,10H,5,7-9H2,(H,17,20)(H,18,19);(H,6,7). The SMILES string of the molecule is O=C(O)C(F)(F)F.O=C(O)CCSSCCNC(=O)c1cccc2cnccc12. The van der Waals surface area contributed by atoms with Crippen molar-refractivity contribution in [3.63, 3.8) is 0 Å². The Bertz CT molecular complexity index is 844. The summed E-state index contributed by atoms with van der Waals surface area (Å²) in [5.41, 5.74) is 0.642. The van der Waals surface area contributed by atoms with Crippen molar-refractivity contribution < 1.29 is 37.8 Å². The van der Waals surface area contributed by atoms with E-state index < -0.39 is 18.1 Å². The second-order valence-electron chi connectivity index (χ2n) is 5.25. The predicted octanol–water partition coefficient (Wildman–Crippen LogP) is 3.45. The lowest BCUT2D eigenvalue weighted by atomic mass is 10.1. The highest BCUT2D eigenvalue weighted by Gasteiger charge is 2.38. The number of hydrogen-bond acceptors (Lipinski definition) is 6. The zero-order valence-electron chi connectivity index (χ0n) is 14.8. The number of carbonyl (C=O) groups excluding carboxylic acids is 1. The molecule has 12 heteroatoms. The maximum absolute atomic E-state index is 12.2. The molecule has 0 saturated carbocycles. The number of aliphatic carboxylic acids is 2. The number of aromatic nitrogens is 1. The van der Waals surface area contributed by atoms with Crippen LogP contribution in [0.2, 0.25) is 0 Å². The Morgan fingerprint density at radius 3 is 2.34 bits per heavy atom. The molecule has 2 aromatic rings. The molecule has 158 valence electrons. The van der Waals surface area contributed by atoms with E-state index in [0.717, 1.165) is 16.5 Å². The summed E-state index contributed by atoms with van der Waals surface area (Å²) >= 11 is 0. The first-order chi connectivity index (χ1) is 13.6. The monoisotopic (exact) mass is 450 g/mol. The van der Waals surface area contributed by atoms with Crippen LogP contribution in [-0.4, -0.2) is 57.3 Å². The van der Waals surface area contributed by atoms with E-state index in [1.807, 2.05) is 18.2 Å². The van der Waals surface area contributed by atoms with Crippen molar-refractivity contribution >= 4 is 50.2 Å². The van der Waals surface area contributed by atoms with E-state index >= 15 is 0 Å². The molecule has 0 saturated heterocycles. The highest BCUT2D eigenvalue weighted by molar-refractivity contribution is 8.76. The number of carboxylic acid groups (broad SMARTS) is 2. The Morgan fingerprint density at radius 2 is 1.72 bits per heavy atom. The predicted molar refractivity (Wildman–Crippen MR) is 105 cm³/mol. The molecule has 0 atom stereocenters. The average molecular weight is 450 g/mol. The molecule has 0 fully saturated rings. The molecule has 1 aromatic carbocycles. The van der Waals surface area contributed by atoms with Crippen molar-refractivity contribution in [2.45, 2.75) is 12.6 Å². The third kappa shape index (κ3) is 9.52. The third-order valence-electron chi connectivity index (χ3n) is 3.12. The third-order valence-corrected chi connectivity index (χ3v) is 5.53. The number of halogens is 3. The first kappa shape index (κ1) is 24.6. The molecular weight excluding hydrogens is 433 g/mol. The topological polar surface area (TPSA) is 117 Å². The molecule has 0 aliphatic carbocycles. The zero-order valence-corrected chi connectivity index (χ0v) is 16.4. The Morgan fingerprint density at radius 1 is 1.07 bits per heavy atom. The zero-order chi connectivity index (χ0) is 21.9. The fourth-order valence-corrected chi connectivity index (χ4v) is 3.75. The van der Waals surface area contributed by atoms with Crippen LogP contribution >= 0.6 is 21.6 Å². The lowest BCUT2D eigenvalue weighted by Crippen LogP contribution is -2.25. The largest absolute Gasteiger partial charge is 0.490 e. The number of nitrogens with one attached hydrogen (secondary N) is 1. The van der Waals surface area contributed by atoms with Gasteiger partial charge in [-0.1, -0.05) is 33.7 Å².